The fraction of sp³-hybridized carbons (Fsp3) is 0.588. The molecule has 128 valence electrons. The molecule has 0 atom stereocenters. The maximum atomic E-state index is 12.3. The molecular weight excluding hydrogens is 310 g/mol. The smallest absolute Gasteiger partial charge is 0.259 e. The first-order valence-electron chi connectivity index (χ1n) is 8.53. The van der Waals surface area contributed by atoms with E-state index in [1.807, 2.05) is 6.07 Å². The number of aromatic amines is 1. The molecule has 2 aromatic heterocycles. The van der Waals surface area contributed by atoms with Gasteiger partial charge in [0.2, 0.25) is 11.7 Å². The molecule has 1 N–H and O–H groups in total. The van der Waals surface area contributed by atoms with Crippen LogP contribution in [-0.4, -0.2) is 34.9 Å². The summed E-state index contributed by atoms with van der Waals surface area (Å²) in [7, 11) is 0. The summed E-state index contributed by atoms with van der Waals surface area (Å²) in [5.41, 5.74) is 2.20. The number of ether oxygens (including phenoxy) is 2. The van der Waals surface area contributed by atoms with Crippen LogP contribution < -0.4 is 5.56 Å². The highest BCUT2D eigenvalue weighted by Gasteiger charge is 2.19. The second-order valence-electron chi connectivity index (χ2n) is 6.42. The van der Waals surface area contributed by atoms with E-state index in [0.717, 1.165) is 56.6 Å². The number of nitrogens with one attached hydrogen (secondary N) is 1. The van der Waals surface area contributed by atoms with Crippen LogP contribution in [0.3, 0.4) is 0 Å². The molecule has 0 saturated carbocycles. The number of rotatable bonds is 4. The average Bonchev–Trinajstić information content (AvgIpc) is 3.09. The van der Waals surface area contributed by atoms with Gasteiger partial charge in [-0.3, -0.25) is 4.79 Å². The standard InChI is InChI=1S/C17H21N3O4/c21-17-13(9-12-10-23-8-5-14(12)18-17)16-19-15(24-20-16)2-1-11-3-6-22-7-4-11/h9,11H,1-8,10H2,(H,18,21). The number of hydrogen-bond acceptors (Lipinski definition) is 6. The van der Waals surface area contributed by atoms with E-state index < -0.39 is 0 Å². The molecule has 24 heavy (non-hydrogen) atoms. The van der Waals surface area contributed by atoms with Crippen LogP contribution in [0.5, 0.6) is 0 Å². The van der Waals surface area contributed by atoms with Crippen LogP contribution in [0, 0.1) is 5.92 Å². The molecule has 0 spiro atoms. The number of aryl methyl sites for hydroxylation is 1. The molecule has 1 fully saturated rings. The van der Waals surface area contributed by atoms with Crippen molar-refractivity contribution >= 4 is 0 Å². The van der Waals surface area contributed by atoms with Gasteiger partial charge in [-0.25, -0.2) is 0 Å². The quantitative estimate of drug-likeness (QED) is 0.919. The van der Waals surface area contributed by atoms with Crippen LogP contribution in [0.25, 0.3) is 11.4 Å². The van der Waals surface area contributed by atoms with Crippen molar-refractivity contribution in [3.05, 3.63) is 33.6 Å². The minimum absolute atomic E-state index is 0.174. The van der Waals surface area contributed by atoms with E-state index in [4.69, 9.17) is 14.0 Å². The van der Waals surface area contributed by atoms with Crippen molar-refractivity contribution in [2.24, 2.45) is 5.92 Å². The van der Waals surface area contributed by atoms with Gasteiger partial charge < -0.3 is 19.0 Å². The van der Waals surface area contributed by atoms with Gasteiger partial charge in [-0.2, -0.15) is 4.98 Å². The van der Waals surface area contributed by atoms with Crippen LogP contribution in [0.15, 0.2) is 15.4 Å². The maximum Gasteiger partial charge on any atom is 0.259 e. The van der Waals surface area contributed by atoms with Crippen molar-refractivity contribution in [3.8, 4) is 11.4 Å². The number of aromatic nitrogens is 3. The fourth-order valence-electron chi connectivity index (χ4n) is 3.31. The molecule has 7 heteroatoms. The van der Waals surface area contributed by atoms with Gasteiger partial charge in [0.05, 0.1) is 18.8 Å². The van der Waals surface area contributed by atoms with Crippen molar-refractivity contribution in [2.45, 2.75) is 38.7 Å². The number of nitrogens with zero attached hydrogens (tertiary/aromatic N) is 2. The van der Waals surface area contributed by atoms with Crippen LogP contribution in [0.4, 0.5) is 0 Å². The molecule has 7 nitrogen and oxygen atoms in total. The SMILES string of the molecule is O=c1[nH]c2c(cc1-c1noc(CCC3CCOCC3)n1)COCC2. The predicted molar refractivity (Wildman–Crippen MR) is 85.6 cm³/mol. The zero-order chi connectivity index (χ0) is 16.4. The van der Waals surface area contributed by atoms with Gasteiger partial charge in [0, 0.05) is 31.7 Å². The lowest BCUT2D eigenvalue weighted by Crippen LogP contribution is -2.20. The van der Waals surface area contributed by atoms with E-state index in [1.165, 1.54) is 0 Å². The first-order valence-corrected chi connectivity index (χ1v) is 8.53. The molecule has 2 aliphatic rings. The topological polar surface area (TPSA) is 90.2 Å². The first kappa shape index (κ1) is 15.5. The van der Waals surface area contributed by atoms with Crippen molar-refractivity contribution in [2.75, 3.05) is 19.8 Å². The molecule has 0 radical (unpaired) electrons. The Hall–Kier alpha value is -1.99. The van der Waals surface area contributed by atoms with E-state index in [0.29, 0.717) is 36.4 Å². The minimum Gasteiger partial charge on any atom is -0.381 e. The molecular formula is C17H21N3O4. The Morgan fingerprint density at radius 1 is 1.21 bits per heavy atom. The highest BCUT2D eigenvalue weighted by Crippen LogP contribution is 2.22. The van der Waals surface area contributed by atoms with Gasteiger partial charge >= 0.3 is 0 Å². The molecule has 4 heterocycles. The molecule has 0 aromatic carbocycles. The summed E-state index contributed by atoms with van der Waals surface area (Å²) in [5, 5.41) is 3.99. The summed E-state index contributed by atoms with van der Waals surface area (Å²) in [6, 6.07) is 1.82. The maximum absolute atomic E-state index is 12.3. The van der Waals surface area contributed by atoms with E-state index in [9.17, 15) is 4.79 Å². The third kappa shape index (κ3) is 3.27. The van der Waals surface area contributed by atoms with Gasteiger partial charge in [-0.05, 0) is 36.8 Å². The van der Waals surface area contributed by atoms with Crippen molar-refractivity contribution in [1.29, 1.82) is 0 Å². The number of pyridine rings is 1. The van der Waals surface area contributed by atoms with Gasteiger partial charge in [-0.15, -0.1) is 0 Å². The largest absolute Gasteiger partial charge is 0.381 e. The lowest BCUT2D eigenvalue weighted by atomic mass is 9.95. The average molecular weight is 331 g/mol. The van der Waals surface area contributed by atoms with Gasteiger partial charge in [0.1, 0.15) is 0 Å². The Labute approximate surface area is 139 Å². The Kier molecular flexibility index (Phi) is 4.44. The Balaban J connectivity index is 1.49. The predicted octanol–water partition coefficient (Wildman–Crippen LogP) is 1.86. The van der Waals surface area contributed by atoms with Crippen LogP contribution >= 0.6 is 0 Å². The number of H-pyrrole nitrogens is 1. The van der Waals surface area contributed by atoms with E-state index >= 15 is 0 Å². The van der Waals surface area contributed by atoms with Gasteiger partial charge in [0.25, 0.3) is 5.56 Å². The van der Waals surface area contributed by atoms with Crippen LogP contribution in [0.1, 0.15) is 36.4 Å². The third-order valence-electron chi connectivity index (χ3n) is 4.79. The lowest BCUT2D eigenvalue weighted by molar-refractivity contribution is 0.0634. The Morgan fingerprint density at radius 3 is 2.96 bits per heavy atom. The summed E-state index contributed by atoms with van der Waals surface area (Å²) in [4.78, 5) is 19.6. The Morgan fingerprint density at radius 2 is 2.08 bits per heavy atom. The summed E-state index contributed by atoms with van der Waals surface area (Å²) >= 11 is 0. The monoisotopic (exact) mass is 331 g/mol. The van der Waals surface area contributed by atoms with E-state index in [-0.39, 0.29) is 5.56 Å². The van der Waals surface area contributed by atoms with Gasteiger partial charge in [-0.1, -0.05) is 5.16 Å². The molecule has 0 aliphatic carbocycles. The van der Waals surface area contributed by atoms with Crippen LogP contribution in [-0.2, 0) is 28.9 Å². The molecule has 2 aromatic rings. The molecule has 4 rings (SSSR count). The lowest BCUT2D eigenvalue weighted by Gasteiger charge is -2.20. The molecule has 0 unspecified atom stereocenters. The molecule has 2 aliphatic heterocycles. The minimum atomic E-state index is -0.174. The second-order valence-corrected chi connectivity index (χ2v) is 6.42. The normalized spacial score (nSPS) is 18.5. The fourth-order valence-corrected chi connectivity index (χ4v) is 3.31. The summed E-state index contributed by atoms with van der Waals surface area (Å²) in [6.45, 7) is 2.83. The molecule has 1 saturated heterocycles. The molecule has 0 amide bonds. The molecule has 0 bridgehead atoms. The Bertz CT molecular complexity index is 761. The zero-order valence-corrected chi connectivity index (χ0v) is 13.5. The first-order chi connectivity index (χ1) is 11.8. The van der Waals surface area contributed by atoms with Crippen LogP contribution in [0.2, 0.25) is 0 Å². The summed E-state index contributed by atoms with van der Waals surface area (Å²) in [6.07, 6.45) is 4.66. The van der Waals surface area contributed by atoms with E-state index in [1.54, 1.807) is 0 Å². The number of hydrogen-bond donors (Lipinski definition) is 1. The van der Waals surface area contributed by atoms with Crippen molar-refractivity contribution in [3.63, 3.8) is 0 Å². The van der Waals surface area contributed by atoms with E-state index in [2.05, 4.69) is 15.1 Å². The highest BCUT2D eigenvalue weighted by atomic mass is 16.5. The third-order valence-corrected chi connectivity index (χ3v) is 4.79. The summed E-state index contributed by atoms with van der Waals surface area (Å²) in [5.74, 6) is 1.59. The van der Waals surface area contributed by atoms with Gasteiger partial charge in [0.15, 0.2) is 0 Å². The second kappa shape index (κ2) is 6.86. The highest BCUT2D eigenvalue weighted by molar-refractivity contribution is 5.54. The zero-order valence-electron chi connectivity index (χ0n) is 13.5. The number of fused-ring (bicyclic) bond motifs is 1. The van der Waals surface area contributed by atoms with Crippen molar-refractivity contribution in [1.82, 2.24) is 15.1 Å². The summed E-state index contributed by atoms with van der Waals surface area (Å²) < 4.78 is 16.1. The van der Waals surface area contributed by atoms with Crippen molar-refractivity contribution < 1.29 is 14.0 Å².